The second kappa shape index (κ2) is 10.8. The van der Waals surface area contributed by atoms with E-state index in [-0.39, 0.29) is 28.3 Å². The normalized spacial score (nSPS) is 19.9. The Morgan fingerprint density at radius 1 is 0.925 bits per heavy atom. The van der Waals surface area contributed by atoms with Crippen LogP contribution in [-0.2, 0) is 20.9 Å². The number of rotatable bonds is 5. The lowest BCUT2D eigenvalue weighted by molar-refractivity contribution is -0.122. The molecule has 2 aliphatic rings. The zero-order valence-electron chi connectivity index (χ0n) is 20.3. The van der Waals surface area contributed by atoms with Crippen molar-refractivity contribution >= 4 is 91.3 Å². The van der Waals surface area contributed by atoms with E-state index in [4.69, 9.17) is 23.2 Å². The maximum Gasteiger partial charge on any atom is 0.308 e. The monoisotopic (exact) mass is 673 g/mol. The SMILES string of the molecule is O=C(Cn1c2c(sc1=O)[C@@H](c1cccc(Cl)c1Cl)[C@@H]1C(=O)N(c3ccc(Br)cc3)C(=O)[C@@H]1S2)Nc1ccccc1. The highest BCUT2D eigenvalue weighted by Crippen LogP contribution is 2.55. The van der Waals surface area contributed by atoms with E-state index >= 15 is 0 Å². The van der Waals surface area contributed by atoms with Crippen molar-refractivity contribution in [3.05, 3.63) is 107 Å². The fraction of sp³-hybridized carbons (Fsp3) is 0.143. The Hall–Kier alpha value is -2.89. The van der Waals surface area contributed by atoms with Gasteiger partial charge in [0, 0.05) is 21.0 Å². The number of imide groups is 1. The van der Waals surface area contributed by atoms with Gasteiger partial charge in [-0.3, -0.25) is 23.7 Å². The first kappa shape index (κ1) is 27.3. The molecule has 202 valence electrons. The number of aromatic nitrogens is 1. The number of benzene rings is 3. The number of nitrogens with zero attached hydrogens (tertiary/aromatic N) is 2. The summed E-state index contributed by atoms with van der Waals surface area (Å²) in [5.41, 5.74) is 1.60. The molecule has 0 saturated carbocycles. The first-order valence-electron chi connectivity index (χ1n) is 12.1. The van der Waals surface area contributed by atoms with Crippen LogP contribution in [0.15, 0.2) is 87.1 Å². The van der Waals surface area contributed by atoms with E-state index in [1.807, 2.05) is 6.07 Å². The van der Waals surface area contributed by atoms with E-state index in [9.17, 15) is 19.2 Å². The molecule has 3 heterocycles. The number of nitrogens with one attached hydrogen (secondary N) is 1. The van der Waals surface area contributed by atoms with Crippen molar-refractivity contribution in [3.8, 4) is 0 Å². The van der Waals surface area contributed by atoms with Crippen molar-refractivity contribution < 1.29 is 14.4 Å². The smallest absolute Gasteiger partial charge is 0.308 e. The number of halogens is 3. The van der Waals surface area contributed by atoms with E-state index in [2.05, 4.69) is 21.2 Å². The molecular weight excluding hydrogens is 657 g/mol. The Bertz CT molecular complexity index is 1730. The Labute approximate surface area is 255 Å². The maximum atomic E-state index is 14.0. The van der Waals surface area contributed by atoms with E-state index in [0.717, 1.165) is 27.6 Å². The fourth-order valence-corrected chi connectivity index (χ4v) is 8.52. The largest absolute Gasteiger partial charge is 0.325 e. The fourth-order valence-electron chi connectivity index (χ4n) is 5.06. The predicted molar refractivity (Wildman–Crippen MR) is 162 cm³/mol. The number of fused-ring (bicyclic) bond motifs is 2. The molecule has 2 aliphatic heterocycles. The van der Waals surface area contributed by atoms with Crippen LogP contribution in [0.1, 0.15) is 16.4 Å². The molecular formula is C28H18BrCl2N3O4S2. The lowest BCUT2D eigenvalue weighted by Crippen LogP contribution is -2.33. The maximum absolute atomic E-state index is 14.0. The summed E-state index contributed by atoms with van der Waals surface area (Å²) in [6.07, 6.45) is 0. The minimum atomic E-state index is -0.832. The molecule has 0 radical (unpaired) electrons. The Morgan fingerprint density at radius 3 is 2.38 bits per heavy atom. The molecule has 7 nitrogen and oxygen atoms in total. The Balaban J connectivity index is 1.45. The van der Waals surface area contributed by atoms with Crippen molar-refractivity contribution in [2.45, 2.75) is 22.7 Å². The zero-order valence-corrected chi connectivity index (χ0v) is 25.1. The summed E-state index contributed by atoms with van der Waals surface area (Å²) in [6.45, 7) is -0.251. The quantitative estimate of drug-likeness (QED) is 0.247. The van der Waals surface area contributed by atoms with Crippen molar-refractivity contribution in [3.63, 3.8) is 0 Å². The molecule has 3 atom stereocenters. The minimum Gasteiger partial charge on any atom is -0.325 e. The van der Waals surface area contributed by atoms with Crippen molar-refractivity contribution in [2.24, 2.45) is 5.92 Å². The van der Waals surface area contributed by atoms with Crippen LogP contribution in [0.3, 0.4) is 0 Å². The zero-order chi connectivity index (χ0) is 28.1. The molecule has 3 aromatic carbocycles. The van der Waals surface area contributed by atoms with E-state index < -0.39 is 23.0 Å². The number of para-hydroxylation sites is 1. The van der Waals surface area contributed by atoms with E-state index in [1.54, 1.807) is 66.7 Å². The van der Waals surface area contributed by atoms with Gasteiger partial charge in [0.05, 0.1) is 26.7 Å². The molecule has 0 spiro atoms. The molecule has 1 fully saturated rings. The number of anilines is 2. The molecule has 0 bridgehead atoms. The van der Waals surface area contributed by atoms with Gasteiger partial charge in [0.15, 0.2) is 0 Å². The van der Waals surface area contributed by atoms with Gasteiger partial charge in [-0.15, -0.1) is 0 Å². The number of hydrogen-bond donors (Lipinski definition) is 1. The average Bonchev–Trinajstić information content (AvgIpc) is 3.38. The molecule has 1 aromatic heterocycles. The summed E-state index contributed by atoms with van der Waals surface area (Å²) in [4.78, 5) is 55.4. The van der Waals surface area contributed by atoms with Gasteiger partial charge >= 0.3 is 4.87 Å². The van der Waals surface area contributed by atoms with E-state index in [0.29, 0.717) is 31.9 Å². The average molecular weight is 675 g/mol. The Morgan fingerprint density at radius 2 is 1.65 bits per heavy atom. The minimum absolute atomic E-state index is 0.251. The van der Waals surface area contributed by atoms with Gasteiger partial charge in [0.1, 0.15) is 11.8 Å². The summed E-state index contributed by atoms with van der Waals surface area (Å²) in [6, 6.07) is 21.0. The molecule has 1 N–H and O–H groups in total. The molecule has 0 unspecified atom stereocenters. The van der Waals surface area contributed by atoms with Gasteiger partial charge in [-0.05, 0) is 48.0 Å². The third kappa shape index (κ3) is 4.71. The molecule has 4 aromatic rings. The number of carbonyl (C=O) groups is 3. The first-order valence-corrected chi connectivity index (χ1v) is 15.3. The van der Waals surface area contributed by atoms with Crippen molar-refractivity contribution in [1.29, 1.82) is 0 Å². The molecule has 6 rings (SSSR count). The van der Waals surface area contributed by atoms with Crippen LogP contribution in [0, 0.1) is 5.92 Å². The third-order valence-corrected chi connectivity index (χ3v) is 10.8. The number of thiazole rings is 1. The lowest BCUT2D eigenvalue weighted by atomic mass is 9.83. The number of amides is 3. The van der Waals surface area contributed by atoms with Crippen LogP contribution >= 0.6 is 62.2 Å². The topological polar surface area (TPSA) is 88.5 Å². The highest BCUT2D eigenvalue weighted by atomic mass is 79.9. The van der Waals surface area contributed by atoms with Gasteiger partial charge in [-0.25, -0.2) is 4.90 Å². The van der Waals surface area contributed by atoms with Crippen LogP contribution in [-0.4, -0.2) is 27.5 Å². The summed E-state index contributed by atoms with van der Waals surface area (Å²) >= 11 is 18.5. The first-order chi connectivity index (χ1) is 19.2. The van der Waals surface area contributed by atoms with Crippen molar-refractivity contribution in [2.75, 3.05) is 10.2 Å². The van der Waals surface area contributed by atoms with Gasteiger partial charge in [-0.1, -0.05) is 92.6 Å². The number of thioether (sulfide) groups is 1. The predicted octanol–water partition coefficient (Wildman–Crippen LogP) is 6.41. The second-order valence-electron chi connectivity index (χ2n) is 9.21. The van der Waals surface area contributed by atoms with Crippen LogP contribution in [0.4, 0.5) is 11.4 Å². The summed E-state index contributed by atoms with van der Waals surface area (Å²) in [7, 11) is 0. The highest BCUT2D eigenvalue weighted by Gasteiger charge is 2.57. The molecule has 1 saturated heterocycles. The van der Waals surface area contributed by atoms with Gasteiger partial charge in [-0.2, -0.15) is 0 Å². The van der Waals surface area contributed by atoms with Crippen LogP contribution in [0.2, 0.25) is 10.0 Å². The van der Waals surface area contributed by atoms with Crippen LogP contribution in [0.25, 0.3) is 0 Å². The highest BCUT2D eigenvalue weighted by molar-refractivity contribution is 9.10. The van der Waals surface area contributed by atoms with Gasteiger partial charge in [0.25, 0.3) is 0 Å². The third-order valence-electron chi connectivity index (χ3n) is 6.81. The molecule has 0 aliphatic carbocycles. The molecule has 3 amide bonds. The standard InChI is InChI=1S/C28H18BrCl2N3O4S2/c29-14-9-11-16(12-10-14)34-25(36)21-20(17-7-4-8-18(30)22(17)31)24-27(39-23(21)26(34)37)33(28(38)40-24)13-19(35)32-15-5-2-1-3-6-15/h1-12,20-21,23H,13H2,(H,32,35)/t20-,21-,23+/m0/s1. The summed E-state index contributed by atoms with van der Waals surface area (Å²) in [5, 5.41) is 2.98. The van der Waals surface area contributed by atoms with Crippen molar-refractivity contribution in [1.82, 2.24) is 4.57 Å². The summed E-state index contributed by atoms with van der Waals surface area (Å²) in [5.74, 6) is -2.70. The lowest BCUT2D eigenvalue weighted by Gasteiger charge is -2.31. The molecule has 12 heteroatoms. The second-order valence-corrected chi connectivity index (χ2v) is 13.0. The summed E-state index contributed by atoms with van der Waals surface area (Å²) < 4.78 is 2.18. The van der Waals surface area contributed by atoms with Crippen LogP contribution < -0.4 is 15.1 Å². The van der Waals surface area contributed by atoms with Gasteiger partial charge < -0.3 is 5.32 Å². The van der Waals surface area contributed by atoms with E-state index in [1.165, 1.54) is 9.47 Å². The number of carbonyl (C=O) groups excluding carboxylic acids is 3. The number of hydrogen-bond acceptors (Lipinski definition) is 6. The Kier molecular flexibility index (Phi) is 7.39. The van der Waals surface area contributed by atoms with Crippen LogP contribution in [0.5, 0.6) is 0 Å². The van der Waals surface area contributed by atoms with Gasteiger partial charge in [0.2, 0.25) is 17.7 Å². The molecule has 40 heavy (non-hydrogen) atoms.